The van der Waals surface area contributed by atoms with Gasteiger partial charge in [-0.1, -0.05) is 0 Å². The summed E-state index contributed by atoms with van der Waals surface area (Å²) in [6, 6.07) is 4.46. The molecule has 0 radical (unpaired) electrons. The maximum Gasteiger partial charge on any atom is 0.308 e. The molecule has 0 fully saturated rings. The van der Waals surface area contributed by atoms with Crippen LogP contribution in [0.15, 0.2) is 18.2 Å². The fourth-order valence-electron chi connectivity index (χ4n) is 1.02. The summed E-state index contributed by atoms with van der Waals surface area (Å²) < 4.78 is 14.4. The second-order valence-corrected chi connectivity index (χ2v) is 2.62. The summed E-state index contributed by atoms with van der Waals surface area (Å²) in [6.45, 7) is 1.56. The summed E-state index contributed by atoms with van der Waals surface area (Å²) in [5, 5.41) is 0. The maximum atomic E-state index is 10.8. The first-order valence-corrected chi connectivity index (χ1v) is 4.14. The number of esters is 1. The minimum atomic E-state index is -0.475. The van der Waals surface area contributed by atoms with E-state index in [0.29, 0.717) is 12.2 Å². The van der Waals surface area contributed by atoms with Crippen LogP contribution < -0.4 is 14.2 Å². The van der Waals surface area contributed by atoms with E-state index >= 15 is 0 Å². The molecule has 0 N–H and O–H groups in total. The molecule has 15 heavy (non-hydrogen) atoms. The van der Waals surface area contributed by atoms with Crippen molar-refractivity contribution in [2.24, 2.45) is 0 Å². The van der Waals surface area contributed by atoms with Crippen LogP contribution >= 0.6 is 0 Å². The standard InChI is InChI=1S/C10H10O5/c1-7(12)15-10-5-8(14-6-11)3-4-9(10)13-2/h3-6H,1-2H3. The zero-order valence-corrected chi connectivity index (χ0v) is 8.35. The average molecular weight is 210 g/mol. The van der Waals surface area contributed by atoms with Crippen LogP contribution in [-0.2, 0) is 9.59 Å². The molecule has 0 atom stereocenters. The molecule has 0 amide bonds. The second kappa shape index (κ2) is 4.99. The number of rotatable bonds is 4. The first-order chi connectivity index (χ1) is 7.17. The minimum Gasteiger partial charge on any atom is -0.493 e. The van der Waals surface area contributed by atoms with Gasteiger partial charge >= 0.3 is 5.97 Å². The highest BCUT2D eigenvalue weighted by Gasteiger charge is 2.08. The van der Waals surface area contributed by atoms with Crippen LogP contribution in [0.5, 0.6) is 17.2 Å². The molecular formula is C10H10O5. The van der Waals surface area contributed by atoms with Crippen LogP contribution in [-0.4, -0.2) is 19.6 Å². The number of ether oxygens (including phenoxy) is 3. The second-order valence-electron chi connectivity index (χ2n) is 2.62. The minimum absolute atomic E-state index is 0.212. The molecule has 1 aromatic carbocycles. The third-order valence-corrected chi connectivity index (χ3v) is 1.57. The third-order valence-electron chi connectivity index (χ3n) is 1.57. The quantitative estimate of drug-likeness (QED) is 0.424. The molecule has 1 aromatic rings. The normalized spacial score (nSPS) is 9.20. The lowest BCUT2D eigenvalue weighted by Gasteiger charge is -2.08. The number of carbonyl (C=O) groups excluding carboxylic acids is 2. The molecule has 0 aliphatic carbocycles. The molecule has 0 unspecified atom stereocenters. The Bertz CT molecular complexity index is 372. The zero-order valence-electron chi connectivity index (χ0n) is 8.35. The summed E-state index contributed by atoms with van der Waals surface area (Å²) >= 11 is 0. The van der Waals surface area contributed by atoms with Gasteiger partial charge in [0, 0.05) is 13.0 Å². The molecule has 0 aliphatic heterocycles. The molecule has 0 saturated heterocycles. The van der Waals surface area contributed by atoms with Crippen LogP contribution in [0, 0.1) is 0 Å². The fraction of sp³-hybridized carbons (Fsp3) is 0.200. The van der Waals surface area contributed by atoms with Crippen molar-refractivity contribution in [2.75, 3.05) is 7.11 Å². The first-order valence-electron chi connectivity index (χ1n) is 4.14. The van der Waals surface area contributed by atoms with E-state index in [4.69, 9.17) is 9.47 Å². The molecule has 5 nitrogen and oxygen atoms in total. The lowest BCUT2D eigenvalue weighted by atomic mass is 10.3. The van der Waals surface area contributed by atoms with E-state index in [1.807, 2.05) is 0 Å². The van der Waals surface area contributed by atoms with Gasteiger partial charge in [-0.2, -0.15) is 0 Å². The Morgan fingerprint density at radius 2 is 2.07 bits per heavy atom. The van der Waals surface area contributed by atoms with Crippen molar-refractivity contribution in [1.82, 2.24) is 0 Å². The highest BCUT2D eigenvalue weighted by atomic mass is 16.6. The van der Waals surface area contributed by atoms with Crippen LogP contribution in [0.2, 0.25) is 0 Å². The zero-order chi connectivity index (χ0) is 11.3. The van der Waals surface area contributed by atoms with E-state index in [-0.39, 0.29) is 11.5 Å². The van der Waals surface area contributed by atoms with Gasteiger partial charge < -0.3 is 14.2 Å². The fourth-order valence-corrected chi connectivity index (χ4v) is 1.02. The van der Waals surface area contributed by atoms with E-state index in [2.05, 4.69) is 4.74 Å². The Labute approximate surface area is 86.6 Å². The van der Waals surface area contributed by atoms with Crippen molar-refractivity contribution in [1.29, 1.82) is 0 Å². The first kappa shape index (κ1) is 11.0. The van der Waals surface area contributed by atoms with E-state index in [1.54, 1.807) is 0 Å². The number of carbonyl (C=O) groups is 2. The summed E-state index contributed by atoms with van der Waals surface area (Å²) in [4.78, 5) is 20.9. The highest BCUT2D eigenvalue weighted by molar-refractivity contribution is 5.70. The molecule has 0 spiro atoms. The SMILES string of the molecule is COc1ccc(OC=O)cc1OC(C)=O. The van der Waals surface area contributed by atoms with Gasteiger partial charge in [0.05, 0.1) is 7.11 Å². The molecule has 0 saturated carbocycles. The van der Waals surface area contributed by atoms with Crippen LogP contribution in [0.1, 0.15) is 6.92 Å². The van der Waals surface area contributed by atoms with E-state index in [0.717, 1.165) is 0 Å². The molecule has 80 valence electrons. The predicted octanol–water partition coefficient (Wildman–Crippen LogP) is 1.16. The smallest absolute Gasteiger partial charge is 0.308 e. The van der Waals surface area contributed by atoms with Crippen molar-refractivity contribution in [3.63, 3.8) is 0 Å². The number of methoxy groups -OCH3 is 1. The Balaban J connectivity index is 3.01. The number of benzene rings is 1. The molecular weight excluding hydrogens is 200 g/mol. The Morgan fingerprint density at radius 1 is 1.33 bits per heavy atom. The molecule has 0 aliphatic rings. The third kappa shape index (κ3) is 2.98. The van der Waals surface area contributed by atoms with E-state index in [9.17, 15) is 9.59 Å². The summed E-state index contributed by atoms with van der Waals surface area (Å²) in [5.41, 5.74) is 0. The van der Waals surface area contributed by atoms with Crippen LogP contribution in [0.4, 0.5) is 0 Å². The lowest BCUT2D eigenvalue weighted by molar-refractivity contribution is -0.132. The van der Waals surface area contributed by atoms with Gasteiger partial charge in [-0.25, -0.2) is 0 Å². The van der Waals surface area contributed by atoms with Gasteiger partial charge in [-0.15, -0.1) is 0 Å². The van der Waals surface area contributed by atoms with Crippen molar-refractivity contribution in [3.8, 4) is 17.2 Å². The molecule has 0 aromatic heterocycles. The van der Waals surface area contributed by atoms with Crippen molar-refractivity contribution < 1.29 is 23.8 Å². The van der Waals surface area contributed by atoms with Crippen molar-refractivity contribution in [3.05, 3.63) is 18.2 Å². The molecule has 0 bridgehead atoms. The molecule has 5 heteroatoms. The topological polar surface area (TPSA) is 61.8 Å². The monoisotopic (exact) mass is 210 g/mol. The van der Waals surface area contributed by atoms with Gasteiger partial charge in [0.1, 0.15) is 5.75 Å². The summed E-state index contributed by atoms with van der Waals surface area (Å²) in [5.74, 6) is 0.409. The van der Waals surface area contributed by atoms with Gasteiger partial charge in [0.15, 0.2) is 11.5 Å². The predicted molar refractivity (Wildman–Crippen MR) is 51.0 cm³/mol. The molecule has 1 rings (SSSR count). The van der Waals surface area contributed by atoms with Gasteiger partial charge in [-0.3, -0.25) is 9.59 Å². The van der Waals surface area contributed by atoms with Crippen molar-refractivity contribution in [2.45, 2.75) is 6.92 Å². The summed E-state index contributed by atoms with van der Waals surface area (Å²) in [7, 11) is 1.45. The Kier molecular flexibility index (Phi) is 3.68. The van der Waals surface area contributed by atoms with Crippen LogP contribution in [0.25, 0.3) is 0 Å². The Morgan fingerprint density at radius 3 is 2.60 bits per heavy atom. The van der Waals surface area contributed by atoms with Gasteiger partial charge in [0.25, 0.3) is 6.47 Å². The van der Waals surface area contributed by atoms with E-state index in [1.165, 1.54) is 32.2 Å². The largest absolute Gasteiger partial charge is 0.493 e. The number of hydrogen-bond acceptors (Lipinski definition) is 5. The molecule has 0 heterocycles. The maximum absolute atomic E-state index is 10.8. The summed E-state index contributed by atoms with van der Waals surface area (Å²) in [6.07, 6.45) is 0. The number of hydrogen-bond donors (Lipinski definition) is 0. The van der Waals surface area contributed by atoms with Gasteiger partial charge in [-0.05, 0) is 12.1 Å². The van der Waals surface area contributed by atoms with E-state index < -0.39 is 5.97 Å². The van der Waals surface area contributed by atoms with Crippen LogP contribution in [0.3, 0.4) is 0 Å². The Hall–Kier alpha value is -2.04. The van der Waals surface area contributed by atoms with Crippen molar-refractivity contribution >= 4 is 12.4 Å². The highest BCUT2D eigenvalue weighted by Crippen LogP contribution is 2.31. The van der Waals surface area contributed by atoms with Gasteiger partial charge in [0.2, 0.25) is 0 Å². The average Bonchev–Trinajstić information content (AvgIpc) is 2.18. The lowest BCUT2D eigenvalue weighted by Crippen LogP contribution is -2.03.